The summed E-state index contributed by atoms with van der Waals surface area (Å²) >= 11 is 0. The number of hydrogen-bond acceptors (Lipinski definition) is 5. The zero-order valence-corrected chi connectivity index (χ0v) is 10.3. The highest BCUT2D eigenvalue weighted by atomic mass is 16.5. The van der Waals surface area contributed by atoms with Crippen LogP contribution in [0.25, 0.3) is 10.9 Å². The van der Waals surface area contributed by atoms with Crippen molar-refractivity contribution in [1.82, 2.24) is 4.98 Å². The Morgan fingerprint density at radius 1 is 1.06 bits per heavy atom. The van der Waals surface area contributed by atoms with Gasteiger partial charge in [-0.25, -0.2) is 0 Å². The molecule has 0 atom stereocenters. The van der Waals surface area contributed by atoms with Crippen LogP contribution in [-0.2, 0) is 4.79 Å². The van der Waals surface area contributed by atoms with Crippen molar-refractivity contribution in [2.45, 2.75) is 0 Å². The Bertz CT molecular complexity index is 575. The first-order chi connectivity index (χ1) is 8.76. The van der Waals surface area contributed by atoms with Crippen LogP contribution in [0.5, 0.6) is 23.0 Å². The number of nitrogens with one attached hydrogen (secondary N) is 1. The van der Waals surface area contributed by atoms with E-state index in [0.29, 0.717) is 40.4 Å². The molecule has 1 aromatic heterocycles. The molecule has 0 radical (unpaired) electrons. The lowest BCUT2D eigenvalue weighted by Gasteiger charge is -2.12. The quantitative estimate of drug-likeness (QED) is 0.819. The van der Waals surface area contributed by atoms with Gasteiger partial charge in [0.25, 0.3) is 6.47 Å². The number of aromatic nitrogens is 1. The Labute approximate surface area is 103 Å². The van der Waals surface area contributed by atoms with Gasteiger partial charge in [-0.15, -0.1) is 0 Å². The standard InChI is InChI=1S/C12H13NO5/c1-15-8-4-7-9(18-6-14)5-13-10(7)12(17-3)11(8)16-2/h4-6,13H,1-3H3. The second kappa shape index (κ2) is 4.87. The summed E-state index contributed by atoms with van der Waals surface area (Å²) in [7, 11) is 4.58. The summed E-state index contributed by atoms with van der Waals surface area (Å²) in [5.74, 6) is 1.87. The van der Waals surface area contributed by atoms with Gasteiger partial charge >= 0.3 is 0 Å². The molecule has 2 rings (SSSR count). The van der Waals surface area contributed by atoms with Gasteiger partial charge in [0.1, 0.15) is 0 Å². The van der Waals surface area contributed by atoms with Crippen molar-refractivity contribution in [3.8, 4) is 23.0 Å². The fraction of sp³-hybridized carbons (Fsp3) is 0.250. The Morgan fingerprint density at radius 3 is 2.33 bits per heavy atom. The molecule has 0 fully saturated rings. The lowest BCUT2D eigenvalue weighted by atomic mass is 10.2. The molecule has 0 saturated heterocycles. The first kappa shape index (κ1) is 12.1. The predicted molar refractivity (Wildman–Crippen MR) is 64.6 cm³/mol. The maximum absolute atomic E-state index is 10.4. The molecule has 1 N–H and O–H groups in total. The molecule has 0 aliphatic heterocycles. The number of hydrogen-bond donors (Lipinski definition) is 1. The first-order valence-electron chi connectivity index (χ1n) is 5.17. The fourth-order valence-electron chi connectivity index (χ4n) is 1.86. The number of H-pyrrole nitrogens is 1. The van der Waals surface area contributed by atoms with Gasteiger partial charge < -0.3 is 23.9 Å². The number of fused-ring (bicyclic) bond motifs is 1. The van der Waals surface area contributed by atoms with Crippen LogP contribution in [-0.4, -0.2) is 32.8 Å². The monoisotopic (exact) mass is 251 g/mol. The number of methoxy groups -OCH3 is 3. The molecule has 0 saturated carbocycles. The molecule has 6 heteroatoms. The van der Waals surface area contributed by atoms with E-state index >= 15 is 0 Å². The van der Waals surface area contributed by atoms with E-state index in [1.165, 1.54) is 21.3 Å². The topological polar surface area (TPSA) is 69.8 Å². The number of ether oxygens (including phenoxy) is 4. The van der Waals surface area contributed by atoms with Crippen LogP contribution in [0.4, 0.5) is 0 Å². The van der Waals surface area contributed by atoms with Crippen molar-refractivity contribution >= 4 is 17.4 Å². The molecule has 1 aromatic carbocycles. The van der Waals surface area contributed by atoms with Crippen molar-refractivity contribution in [2.75, 3.05) is 21.3 Å². The van der Waals surface area contributed by atoms with Crippen LogP contribution in [0.1, 0.15) is 0 Å². The number of carbonyl (C=O) groups excluding carboxylic acids is 1. The van der Waals surface area contributed by atoms with Gasteiger partial charge in [-0.1, -0.05) is 0 Å². The van der Waals surface area contributed by atoms with Crippen molar-refractivity contribution in [1.29, 1.82) is 0 Å². The Balaban J connectivity index is 2.76. The number of carbonyl (C=O) groups is 1. The van der Waals surface area contributed by atoms with Gasteiger partial charge in [-0.05, 0) is 6.07 Å². The minimum absolute atomic E-state index is 0.367. The SMILES string of the molecule is COc1cc2c(OC=O)c[nH]c2c(OC)c1OC. The molecular formula is C12H13NO5. The highest BCUT2D eigenvalue weighted by Crippen LogP contribution is 2.45. The van der Waals surface area contributed by atoms with E-state index in [2.05, 4.69) is 4.98 Å². The van der Waals surface area contributed by atoms with E-state index in [-0.39, 0.29) is 0 Å². The maximum atomic E-state index is 10.4. The molecule has 0 amide bonds. The molecule has 0 aliphatic rings. The van der Waals surface area contributed by atoms with Crippen LogP contribution in [0.2, 0.25) is 0 Å². The maximum Gasteiger partial charge on any atom is 0.298 e. The van der Waals surface area contributed by atoms with Gasteiger partial charge in [-0.3, -0.25) is 4.79 Å². The second-order valence-electron chi connectivity index (χ2n) is 3.43. The van der Waals surface area contributed by atoms with Gasteiger partial charge in [-0.2, -0.15) is 0 Å². The number of benzene rings is 1. The van der Waals surface area contributed by atoms with Crippen LogP contribution in [0, 0.1) is 0 Å². The Hall–Kier alpha value is -2.37. The van der Waals surface area contributed by atoms with Crippen molar-refractivity contribution in [3.63, 3.8) is 0 Å². The summed E-state index contributed by atoms with van der Waals surface area (Å²) in [6, 6.07) is 1.71. The zero-order valence-electron chi connectivity index (χ0n) is 10.3. The number of rotatable bonds is 5. The third-order valence-corrected chi connectivity index (χ3v) is 2.62. The second-order valence-corrected chi connectivity index (χ2v) is 3.43. The van der Waals surface area contributed by atoms with E-state index in [4.69, 9.17) is 18.9 Å². The largest absolute Gasteiger partial charge is 0.493 e. The van der Waals surface area contributed by atoms with Gasteiger partial charge in [0.05, 0.1) is 32.2 Å². The summed E-state index contributed by atoms with van der Waals surface area (Å²) in [6.45, 7) is 0.367. The van der Waals surface area contributed by atoms with Crippen molar-refractivity contribution in [2.24, 2.45) is 0 Å². The lowest BCUT2D eigenvalue weighted by Crippen LogP contribution is -1.96. The minimum Gasteiger partial charge on any atom is -0.493 e. The van der Waals surface area contributed by atoms with E-state index in [1.54, 1.807) is 12.3 Å². The van der Waals surface area contributed by atoms with Gasteiger partial charge in [0, 0.05) is 6.20 Å². The zero-order chi connectivity index (χ0) is 13.1. The first-order valence-corrected chi connectivity index (χ1v) is 5.17. The number of aromatic amines is 1. The van der Waals surface area contributed by atoms with Gasteiger partial charge in [0.2, 0.25) is 5.75 Å². The molecule has 0 spiro atoms. The molecule has 18 heavy (non-hydrogen) atoms. The Kier molecular flexibility index (Phi) is 3.27. The van der Waals surface area contributed by atoms with Crippen molar-refractivity contribution < 1.29 is 23.7 Å². The molecule has 1 heterocycles. The summed E-state index contributed by atoms with van der Waals surface area (Å²) in [6.07, 6.45) is 1.57. The summed E-state index contributed by atoms with van der Waals surface area (Å²) < 4.78 is 20.7. The average molecular weight is 251 g/mol. The van der Waals surface area contributed by atoms with Crippen LogP contribution in [0.15, 0.2) is 12.3 Å². The van der Waals surface area contributed by atoms with E-state index in [9.17, 15) is 4.79 Å². The normalized spacial score (nSPS) is 10.2. The molecule has 0 aliphatic carbocycles. The molecule has 2 aromatic rings. The molecule has 6 nitrogen and oxygen atoms in total. The smallest absolute Gasteiger partial charge is 0.298 e. The highest BCUT2D eigenvalue weighted by molar-refractivity contribution is 5.95. The summed E-state index contributed by atoms with van der Waals surface area (Å²) in [5, 5.41) is 0.677. The third-order valence-electron chi connectivity index (χ3n) is 2.62. The van der Waals surface area contributed by atoms with Crippen molar-refractivity contribution in [3.05, 3.63) is 12.3 Å². The molecule has 0 unspecified atom stereocenters. The minimum atomic E-state index is 0.367. The lowest BCUT2D eigenvalue weighted by molar-refractivity contribution is -0.120. The fourth-order valence-corrected chi connectivity index (χ4v) is 1.86. The summed E-state index contributed by atoms with van der Waals surface area (Å²) in [4.78, 5) is 13.4. The average Bonchev–Trinajstić information content (AvgIpc) is 2.79. The van der Waals surface area contributed by atoms with Gasteiger partial charge in [0.15, 0.2) is 17.2 Å². The van der Waals surface area contributed by atoms with E-state index in [0.717, 1.165) is 0 Å². The molecule has 96 valence electrons. The van der Waals surface area contributed by atoms with Crippen LogP contribution >= 0.6 is 0 Å². The summed E-state index contributed by atoms with van der Waals surface area (Å²) in [5.41, 5.74) is 0.673. The highest BCUT2D eigenvalue weighted by Gasteiger charge is 2.19. The van der Waals surface area contributed by atoms with E-state index < -0.39 is 0 Å². The molecular weight excluding hydrogens is 238 g/mol. The predicted octanol–water partition coefficient (Wildman–Crippen LogP) is 1.73. The van der Waals surface area contributed by atoms with Crippen LogP contribution < -0.4 is 18.9 Å². The van der Waals surface area contributed by atoms with Crippen LogP contribution in [0.3, 0.4) is 0 Å². The molecule has 0 bridgehead atoms. The Morgan fingerprint density at radius 2 is 1.78 bits per heavy atom. The van der Waals surface area contributed by atoms with E-state index in [1.807, 2.05) is 0 Å². The third kappa shape index (κ3) is 1.71.